The number of rotatable bonds is 3. The average Bonchev–Trinajstić information content (AvgIpc) is 2.93. The van der Waals surface area contributed by atoms with Gasteiger partial charge in [0.05, 0.1) is 3.79 Å². The molecule has 1 fully saturated rings. The molecule has 3 N–H and O–H groups in total. The Morgan fingerprint density at radius 1 is 1.35 bits per heavy atom. The Labute approximate surface area is 155 Å². The summed E-state index contributed by atoms with van der Waals surface area (Å²) < 4.78 is 1.04. The number of thiocarbonyl (C=S) groups is 1. The molecule has 1 heterocycles. The Kier molecular flexibility index (Phi) is 7.05. The summed E-state index contributed by atoms with van der Waals surface area (Å²) in [5.74, 6) is 1.05. The first kappa shape index (κ1) is 18.4. The fraction of sp³-hybridized carbons (Fsp3) is 0.500. The van der Waals surface area contributed by atoms with Gasteiger partial charge in [-0.25, -0.2) is 0 Å². The summed E-state index contributed by atoms with van der Waals surface area (Å²) in [5.41, 5.74) is 5.36. The molecule has 23 heavy (non-hydrogen) atoms. The molecule has 3 atom stereocenters. The van der Waals surface area contributed by atoms with Gasteiger partial charge in [-0.3, -0.25) is 15.6 Å². The number of halogens is 1. The van der Waals surface area contributed by atoms with Crippen LogP contribution in [0.4, 0.5) is 0 Å². The molecule has 0 spiro atoms. The lowest BCUT2D eigenvalue weighted by atomic mass is 9.78. The van der Waals surface area contributed by atoms with Gasteiger partial charge in [-0.1, -0.05) is 26.7 Å². The maximum atomic E-state index is 11.8. The second-order valence-corrected chi connectivity index (χ2v) is 8.84. The van der Waals surface area contributed by atoms with Gasteiger partial charge in [-0.2, -0.15) is 0 Å². The topological polar surface area (TPSA) is 53.2 Å². The fourth-order valence-corrected chi connectivity index (χ4v) is 4.25. The summed E-state index contributed by atoms with van der Waals surface area (Å²) in [6.45, 7) is 4.54. The zero-order chi connectivity index (χ0) is 16.8. The van der Waals surface area contributed by atoms with Crippen molar-refractivity contribution in [2.75, 3.05) is 0 Å². The van der Waals surface area contributed by atoms with Crippen LogP contribution < -0.4 is 16.2 Å². The molecule has 126 valence electrons. The molecule has 1 aromatic heterocycles. The van der Waals surface area contributed by atoms with Crippen molar-refractivity contribution in [2.24, 2.45) is 11.8 Å². The number of hydrogen-bond acceptors (Lipinski definition) is 3. The van der Waals surface area contributed by atoms with E-state index >= 15 is 0 Å². The molecule has 1 amide bonds. The van der Waals surface area contributed by atoms with Crippen molar-refractivity contribution in [1.29, 1.82) is 0 Å². The molecule has 1 saturated carbocycles. The third kappa shape index (κ3) is 5.90. The van der Waals surface area contributed by atoms with Crippen molar-refractivity contribution in [3.05, 3.63) is 26.9 Å². The van der Waals surface area contributed by atoms with Crippen LogP contribution in [0.25, 0.3) is 6.08 Å². The highest BCUT2D eigenvalue weighted by atomic mass is 79.9. The maximum absolute atomic E-state index is 11.8. The number of nitrogens with one attached hydrogen (secondary N) is 3. The minimum atomic E-state index is -0.233. The number of hydrazine groups is 1. The lowest BCUT2D eigenvalue weighted by Crippen LogP contribution is -2.52. The highest BCUT2D eigenvalue weighted by molar-refractivity contribution is 9.11. The SMILES string of the molecule is C[C@@H]1[C@H](C)CCC[C@@H]1NC(=S)NNC(=O)/C=C/c1ccc(Br)s1. The number of thiophene rings is 1. The smallest absolute Gasteiger partial charge is 0.262 e. The molecule has 1 aliphatic rings. The Morgan fingerprint density at radius 2 is 2.13 bits per heavy atom. The van der Waals surface area contributed by atoms with Gasteiger partial charge in [0, 0.05) is 17.0 Å². The normalized spacial score (nSPS) is 24.4. The third-order valence-electron chi connectivity index (χ3n) is 4.32. The van der Waals surface area contributed by atoms with Gasteiger partial charge >= 0.3 is 0 Å². The van der Waals surface area contributed by atoms with Crippen LogP contribution >= 0.6 is 39.5 Å². The van der Waals surface area contributed by atoms with Gasteiger partial charge in [0.25, 0.3) is 5.91 Å². The molecule has 0 radical (unpaired) electrons. The minimum Gasteiger partial charge on any atom is -0.358 e. The molecule has 4 nitrogen and oxygen atoms in total. The molecule has 1 aliphatic carbocycles. The third-order valence-corrected chi connectivity index (χ3v) is 6.12. The average molecular weight is 416 g/mol. The molecular formula is C16H22BrN3OS2. The van der Waals surface area contributed by atoms with Crippen LogP contribution in [0.5, 0.6) is 0 Å². The Hall–Kier alpha value is -0.920. The molecule has 0 unspecified atom stereocenters. The second-order valence-electron chi connectivity index (χ2n) is 5.94. The van der Waals surface area contributed by atoms with Crippen molar-refractivity contribution in [1.82, 2.24) is 16.2 Å². The monoisotopic (exact) mass is 415 g/mol. The molecular weight excluding hydrogens is 394 g/mol. The van der Waals surface area contributed by atoms with Gasteiger partial charge in [-0.15, -0.1) is 11.3 Å². The fourth-order valence-electron chi connectivity index (χ4n) is 2.73. The van der Waals surface area contributed by atoms with Crippen molar-refractivity contribution in [3.8, 4) is 0 Å². The molecule has 2 rings (SSSR count). The van der Waals surface area contributed by atoms with Crippen molar-refractivity contribution < 1.29 is 4.79 Å². The van der Waals surface area contributed by atoms with Crippen LogP contribution in [-0.2, 0) is 4.79 Å². The highest BCUT2D eigenvalue weighted by Crippen LogP contribution is 2.29. The number of amides is 1. The molecule has 0 saturated heterocycles. The Balaban J connectivity index is 1.73. The van der Waals surface area contributed by atoms with Crippen LogP contribution in [0.3, 0.4) is 0 Å². The van der Waals surface area contributed by atoms with E-state index in [2.05, 4.69) is 45.9 Å². The quantitative estimate of drug-likeness (QED) is 0.398. The highest BCUT2D eigenvalue weighted by Gasteiger charge is 2.27. The summed E-state index contributed by atoms with van der Waals surface area (Å²) in [6.07, 6.45) is 6.87. The van der Waals surface area contributed by atoms with Crippen molar-refractivity contribution in [2.45, 2.75) is 39.2 Å². The summed E-state index contributed by atoms with van der Waals surface area (Å²) in [4.78, 5) is 12.8. The molecule has 0 aliphatic heterocycles. The molecule has 1 aromatic rings. The van der Waals surface area contributed by atoms with Crippen LogP contribution in [0, 0.1) is 11.8 Å². The first-order valence-electron chi connectivity index (χ1n) is 7.75. The predicted octanol–water partition coefficient (Wildman–Crippen LogP) is 3.84. The van der Waals surface area contributed by atoms with E-state index in [9.17, 15) is 4.79 Å². The van der Waals surface area contributed by atoms with Gasteiger partial charge < -0.3 is 5.32 Å². The maximum Gasteiger partial charge on any atom is 0.262 e. The lowest BCUT2D eigenvalue weighted by molar-refractivity contribution is -0.116. The first-order chi connectivity index (χ1) is 11.0. The largest absolute Gasteiger partial charge is 0.358 e. The van der Waals surface area contributed by atoms with Gasteiger partial charge in [0.2, 0.25) is 0 Å². The van der Waals surface area contributed by atoms with Crippen molar-refractivity contribution in [3.63, 3.8) is 0 Å². The van der Waals surface area contributed by atoms with E-state index < -0.39 is 0 Å². The Bertz CT molecular complexity index is 588. The van der Waals surface area contributed by atoms with Gasteiger partial charge in [0.1, 0.15) is 0 Å². The standard InChI is InChI=1S/C16H22BrN3OS2/c1-10-4-3-5-13(11(10)2)18-16(22)20-19-15(21)9-7-12-6-8-14(17)23-12/h6-11,13H,3-5H2,1-2H3,(H,19,21)(H2,18,20,22)/b9-7+/t10-,11-,13+/m1/s1. The zero-order valence-corrected chi connectivity index (χ0v) is 16.5. The van der Waals surface area contributed by atoms with Crippen LogP contribution in [0.1, 0.15) is 38.0 Å². The summed E-state index contributed by atoms with van der Waals surface area (Å²) >= 11 is 10.2. The molecule has 0 aromatic carbocycles. The first-order valence-corrected chi connectivity index (χ1v) is 9.77. The zero-order valence-electron chi connectivity index (χ0n) is 13.3. The summed E-state index contributed by atoms with van der Waals surface area (Å²) in [7, 11) is 0. The lowest BCUT2D eigenvalue weighted by Gasteiger charge is -2.35. The summed E-state index contributed by atoms with van der Waals surface area (Å²) in [5, 5.41) is 3.78. The molecule has 0 bridgehead atoms. The van der Waals surface area contributed by atoms with E-state index in [1.165, 1.54) is 18.9 Å². The van der Waals surface area contributed by atoms with Gasteiger partial charge in [0.15, 0.2) is 5.11 Å². The van der Waals surface area contributed by atoms with Gasteiger partial charge in [-0.05, 0) is 64.6 Å². The molecule has 7 heteroatoms. The van der Waals surface area contributed by atoms with E-state index in [0.717, 1.165) is 15.1 Å². The van der Waals surface area contributed by atoms with Crippen LogP contribution in [0.2, 0.25) is 0 Å². The van der Waals surface area contributed by atoms with E-state index in [1.54, 1.807) is 17.4 Å². The predicted molar refractivity (Wildman–Crippen MR) is 104 cm³/mol. The van der Waals surface area contributed by atoms with E-state index in [-0.39, 0.29) is 5.91 Å². The van der Waals surface area contributed by atoms with E-state index in [4.69, 9.17) is 12.2 Å². The number of hydrogen-bond donors (Lipinski definition) is 3. The second kappa shape index (κ2) is 8.80. The number of carbonyl (C=O) groups excluding carboxylic acids is 1. The van der Waals surface area contributed by atoms with E-state index in [1.807, 2.05) is 12.1 Å². The Morgan fingerprint density at radius 3 is 2.83 bits per heavy atom. The van der Waals surface area contributed by atoms with E-state index in [0.29, 0.717) is 23.0 Å². The van der Waals surface area contributed by atoms with Crippen molar-refractivity contribution >= 4 is 56.6 Å². The van der Waals surface area contributed by atoms with Crippen LogP contribution in [0.15, 0.2) is 22.0 Å². The number of carbonyl (C=O) groups is 1. The summed E-state index contributed by atoms with van der Waals surface area (Å²) in [6, 6.07) is 4.27. The minimum absolute atomic E-state index is 0.233. The van der Waals surface area contributed by atoms with Crippen LogP contribution in [-0.4, -0.2) is 17.1 Å².